The van der Waals surface area contributed by atoms with E-state index in [0.717, 1.165) is 32.7 Å². The molecule has 10 nitrogen and oxygen atoms in total. The van der Waals surface area contributed by atoms with Crippen molar-refractivity contribution in [1.29, 1.82) is 0 Å². The van der Waals surface area contributed by atoms with Crippen molar-refractivity contribution in [1.82, 2.24) is 19.9 Å². The first-order valence-corrected chi connectivity index (χ1v) is 17.2. The molecule has 1 aliphatic rings. The van der Waals surface area contributed by atoms with E-state index in [0.29, 0.717) is 31.0 Å². The van der Waals surface area contributed by atoms with Crippen LogP contribution in [0.15, 0.2) is 89.5 Å². The number of nitrogens with two attached hydrogens (primary N) is 1. The number of ether oxygens (including phenoxy) is 1. The van der Waals surface area contributed by atoms with Gasteiger partial charge in [0.1, 0.15) is 17.7 Å². The summed E-state index contributed by atoms with van der Waals surface area (Å²) in [4.78, 5) is 48.6. The number of piperidine rings is 1. The number of likely N-dealkylation sites (tertiary alicyclic amines) is 1. The van der Waals surface area contributed by atoms with Crippen molar-refractivity contribution in [2.45, 2.75) is 71.1 Å². The Bertz CT molecular complexity index is 2020. The highest BCUT2D eigenvalue weighted by molar-refractivity contribution is 5.86. The second-order valence-electron chi connectivity index (χ2n) is 14.4. The number of nitrogens with zero attached hydrogens (tertiary/aromatic N) is 4. The third-order valence-corrected chi connectivity index (χ3v) is 9.64. The number of carbonyl (C=O) groups excluding carboxylic acids is 3. The predicted octanol–water partition coefficient (Wildman–Crippen LogP) is 6.79. The fourth-order valence-electron chi connectivity index (χ4n) is 7.08. The minimum atomic E-state index is -0.909. The summed E-state index contributed by atoms with van der Waals surface area (Å²) >= 11 is 0. The first kappa shape index (κ1) is 34.6. The molecule has 5 aromatic rings. The standard InChI is InChI=1S/C40H45N5O5/c1-25-42-37(50-43-25)35(23-27-15-17-29-11-7-9-13-31(29)21-27)44(5)38(47)33(22-26-14-16-28-10-6-8-12-30(28)20-26)32-18-19-45(34(24-32)36(41)46)39(48)49-40(2,3)4/h6-17,20-21,32-35H,18-19,22-24H2,1-5H3,(H2,41,46)/t32?,33-,34?,35-/m1/s1. The van der Waals surface area contributed by atoms with Gasteiger partial charge in [0, 0.05) is 25.9 Å². The maximum Gasteiger partial charge on any atom is 0.410 e. The lowest BCUT2D eigenvalue weighted by Crippen LogP contribution is -2.55. The van der Waals surface area contributed by atoms with E-state index in [1.54, 1.807) is 39.6 Å². The lowest BCUT2D eigenvalue weighted by atomic mass is 9.77. The molecule has 1 aliphatic heterocycles. The van der Waals surface area contributed by atoms with E-state index in [1.807, 2.05) is 24.3 Å². The maximum absolute atomic E-state index is 14.9. The zero-order chi connectivity index (χ0) is 35.6. The van der Waals surface area contributed by atoms with Gasteiger partial charge in [-0.15, -0.1) is 0 Å². The van der Waals surface area contributed by atoms with E-state index >= 15 is 0 Å². The molecule has 6 rings (SSSR count). The van der Waals surface area contributed by atoms with E-state index in [1.165, 1.54) is 4.90 Å². The summed E-state index contributed by atoms with van der Waals surface area (Å²) in [5.74, 6) is -0.688. The van der Waals surface area contributed by atoms with Crippen LogP contribution in [0.5, 0.6) is 0 Å². The summed E-state index contributed by atoms with van der Waals surface area (Å²) < 4.78 is 11.3. The van der Waals surface area contributed by atoms with Gasteiger partial charge < -0.3 is 19.9 Å². The Morgan fingerprint density at radius 1 is 0.920 bits per heavy atom. The van der Waals surface area contributed by atoms with Gasteiger partial charge in [0.2, 0.25) is 17.7 Å². The fourth-order valence-corrected chi connectivity index (χ4v) is 7.08. The van der Waals surface area contributed by atoms with Crippen molar-refractivity contribution in [3.8, 4) is 0 Å². The van der Waals surface area contributed by atoms with Crippen molar-refractivity contribution in [2.75, 3.05) is 13.6 Å². The molecule has 1 saturated heterocycles. The maximum atomic E-state index is 14.9. The number of aromatic nitrogens is 2. The lowest BCUT2D eigenvalue weighted by molar-refractivity contribution is -0.141. The molecule has 0 spiro atoms. The van der Waals surface area contributed by atoms with Gasteiger partial charge in [0.25, 0.3) is 0 Å². The summed E-state index contributed by atoms with van der Waals surface area (Å²) in [6, 6.07) is 27.3. The van der Waals surface area contributed by atoms with Crippen LogP contribution in [0.1, 0.15) is 62.5 Å². The molecule has 0 radical (unpaired) electrons. The van der Waals surface area contributed by atoms with Gasteiger partial charge >= 0.3 is 6.09 Å². The highest BCUT2D eigenvalue weighted by Gasteiger charge is 2.43. The molecule has 3 amide bonds. The van der Waals surface area contributed by atoms with Gasteiger partial charge in [0.05, 0.1) is 0 Å². The Morgan fingerprint density at radius 2 is 1.50 bits per heavy atom. The number of carbonyl (C=O) groups is 3. The van der Waals surface area contributed by atoms with E-state index in [9.17, 15) is 14.4 Å². The zero-order valence-electron chi connectivity index (χ0n) is 29.3. The number of amides is 3. The van der Waals surface area contributed by atoms with Crippen LogP contribution in [0.3, 0.4) is 0 Å². The van der Waals surface area contributed by atoms with Gasteiger partial charge in [-0.25, -0.2) is 4.79 Å². The Kier molecular flexibility index (Phi) is 9.90. The quantitative estimate of drug-likeness (QED) is 0.182. The van der Waals surface area contributed by atoms with Crippen LogP contribution in [0.2, 0.25) is 0 Å². The molecule has 1 aromatic heterocycles. The molecule has 2 unspecified atom stereocenters. The highest BCUT2D eigenvalue weighted by Crippen LogP contribution is 2.36. The SMILES string of the molecule is Cc1noc([C@@H](Cc2ccc3ccccc3c2)N(C)C(=O)[C@H](Cc2ccc3ccccc3c2)C2CCN(C(=O)OC(C)(C)C)C(C(N)=O)C2)n1. The first-order valence-electron chi connectivity index (χ1n) is 17.2. The molecule has 2 heterocycles. The molecule has 0 bridgehead atoms. The average Bonchev–Trinajstić information content (AvgIpc) is 3.53. The van der Waals surface area contributed by atoms with Crippen LogP contribution >= 0.6 is 0 Å². The van der Waals surface area contributed by atoms with E-state index in [2.05, 4.69) is 70.8 Å². The third-order valence-electron chi connectivity index (χ3n) is 9.64. The van der Waals surface area contributed by atoms with Crippen molar-refractivity contribution in [3.05, 3.63) is 108 Å². The molecule has 0 saturated carbocycles. The van der Waals surface area contributed by atoms with Crippen molar-refractivity contribution in [2.24, 2.45) is 17.6 Å². The van der Waals surface area contributed by atoms with Gasteiger partial charge in [-0.2, -0.15) is 4.98 Å². The molecule has 1 fully saturated rings. The van der Waals surface area contributed by atoms with Crippen molar-refractivity contribution >= 4 is 39.5 Å². The summed E-state index contributed by atoms with van der Waals surface area (Å²) in [5.41, 5.74) is 7.20. The number of primary amides is 1. The van der Waals surface area contributed by atoms with Crippen LogP contribution < -0.4 is 5.73 Å². The Labute approximate surface area is 292 Å². The number of likely N-dealkylation sites (N-methyl/N-ethyl adjacent to an activating group) is 1. The number of hydrogen-bond donors (Lipinski definition) is 1. The van der Waals surface area contributed by atoms with Crippen LogP contribution in [-0.2, 0) is 27.2 Å². The number of benzene rings is 4. The highest BCUT2D eigenvalue weighted by atomic mass is 16.6. The summed E-state index contributed by atoms with van der Waals surface area (Å²) in [5, 5.41) is 8.47. The van der Waals surface area contributed by atoms with Crippen LogP contribution in [0.4, 0.5) is 4.79 Å². The van der Waals surface area contributed by atoms with E-state index in [-0.39, 0.29) is 24.8 Å². The second-order valence-corrected chi connectivity index (χ2v) is 14.4. The molecule has 260 valence electrons. The largest absolute Gasteiger partial charge is 0.444 e. The molecule has 10 heteroatoms. The summed E-state index contributed by atoms with van der Waals surface area (Å²) in [6.07, 6.45) is 1.04. The molecular weight excluding hydrogens is 630 g/mol. The molecule has 2 N–H and O–H groups in total. The van der Waals surface area contributed by atoms with Crippen LogP contribution in [0, 0.1) is 18.8 Å². The number of fused-ring (bicyclic) bond motifs is 2. The van der Waals surface area contributed by atoms with E-state index in [4.69, 9.17) is 15.0 Å². The molecular formula is C40H45N5O5. The summed E-state index contributed by atoms with van der Waals surface area (Å²) in [6.45, 7) is 7.34. The minimum Gasteiger partial charge on any atom is -0.444 e. The van der Waals surface area contributed by atoms with Crippen LogP contribution in [0.25, 0.3) is 21.5 Å². The lowest BCUT2D eigenvalue weighted by Gasteiger charge is -2.41. The zero-order valence-corrected chi connectivity index (χ0v) is 29.3. The van der Waals surface area contributed by atoms with Gasteiger partial charge in [-0.1, -0.05) is 90.1 Å². The normalized spacial score (nSPS) is 17.7. The predicted molar refractivity (Wildman–Crippen MR) is 192 cm³/mol. The molecule has 0 aliphatic carbocycles. The third kappa shape index (κ3) is 7.80. The Balaban J connectivity index is 1.34. The van der Waals surface area contributed by atoms with Crippen molar-refractivity contribution < 1.29 is 23.6 Å². The fraction of sp³-hybridized carbons (Fsp3) is 0.375. The summed E-state index contributed by atoms with van der Waals surface area (Å²) in [7, 11) is 1.78. The topological polar surface area (TPSA) is 132 Å². The second kappa shape index (κ2) is 14.3. The average molecular weight is 676 g/mol. The van der Waals surface area contributed by atoms with Gasteiger partial charge in [-0.3, -0.25) is 14.5 Å². The monoisotopic (exact) mass is 675 g/mol. The van der Waals surface area contributed by atoms with Gasteiger partial charge in [0.15, 0.2) is 5.82 Å². The Hall–Kier alpha value is -5.25. The van der Waals surface area contributed by atoms with Crippen molar-refractivity contribution in [3.63, 3.8) is 0 Å². The van der Waals surface area contributed by atoms with E-state index < -0.39 is 35.6 Å². The smallest absolute Gasteiger partial charge is 0.410 e. The minimum absolute atomic E-state index is 0.112. The molecule has 4 aromatic carbocycles. The molecule has 4 atom stereocenters. The number of rotatable bonds is 9. The van der Waals surface area contributed by atoms with Gasteiger partial charge in [-0.05, 0) is 85.5 Å². The Morgan fingerprint density at radius 3 is 2.04 bits per heavy atom. The molecule has 50 heavy (non-hydrogen) atoms. The number of hydrogen-bond acceptors (Lipinski definition) is 7. The first-order chi connectivity index (χ1) is 23.9. The number of aryl methyl sites for hydroxylation is 1. The van der Waals surface area contributed by atoms with Crippen LogP contribution in [-0.4, -0.2) is 63.1 Å².